The first-order valence-electron chi connectivity index (χ1n) is 8.13. The van der Waals surface area contributed by atoms with Gasteiger partial charge in [-0.1, -0.05) is 6.07 Å². The summed E-state index contributed by atoms with van der Waals surface area (Å²) in [4.78, 5) is 14.0. The highest BCUT2D eigenvalue weighted by atomic mass is 35.5. The van der Waals surface area contributed by atoms with Gasteiger partial charge in [0.15, 0.2) is 0 Å². The minimum absolute atomic E-state index is 0. The molecule has 132 valence electrons. The van der Waals surface area contributed by atoms with Crippen molar-refractivity contribution < 1.29 is 14.3 Å². The SMILES string of the molecule is CC(O)CN(C)COc1cccc2oc(=O)c3c(c12)CCCC3.Cl. The van der Waals surface area contributed by atoms with Gasteiger partial charge in [-0.25, -0.2) is 4.79 Å². The molecule has 1 unspecified atom stereocenters. The summed E-state index contributed by atoms with van der Waals surface area (Å²) in [6.07, 6.45) is 3.39. The number of nitrogens with zero attached hydrogens (tertiary/aromatic N) is 1. The zero-order valence-electron chi connectivity index (χ0n) is 14.1. The van der Waals surface area contributed by atoms with Crippen molar-refractivity contribution in [2.75, 3.05) is 20.3 Å². The first kappa shape index (κ1) is 18.8. The Bertz CT molecular complexity index is 757. The molecule has 1 aromatic carbocycles. The van der Waals surface area contributed by atoms with Crippen LogP contribution < -0.4 is 10.4 Å². The first-order chi connectivity index (χ1) is 11.1. The second-order valence-corrected chi connectivity index (χ2v) is 6.34. The third-order valence-electron chi connectivity index (χ3n) is 4.22. The van der Waals surface area contributed by atoms with Crippen LogP contribution in [0.5, 0.6) is 5.75 Å². The summed E-state index contributed by atoms with van der Waals surface area (Å²) >= 11 is 0. The fraction of sp³-hybridized carbons (Fsp3) is 0.500. The van der Waals surface area contributed by atoms with Crippen LogP contribution in [0, 0.1) is 0 Å². The number of hydrogen-bond donors (Lipinski definition) is 1. The lowest BCUT2D eigenvalue weighted by molar-refractivity contribution is 0.0903. The third-order valence-corrected chi connectivity index (χ3v) is 4.22. The molecule has 5 nitrogen and oxygen atoms in total. The molecular formula is C18H24ClNO4. The van der Waals surface area contributed by atoms with Crippen LogP contribution in [0.3, 0.4) is 0 Å². The highest BCUT2D eigenvalue weighted by Crippen LogP contribution is 2.33. The predicted octanol–water partition coefficient (Wildman–Crippen LogP) is 2.74. The molecule has 6 heteroatoms. The second kappa shape index (κ2) is 8.01. The number of aliphatic hydroxyl groups is 1. The normalized spacial score (nSPS) is 15.0. The number of hydrogen-bond acceptors (Lipinski definition) is 5. The molecule has 0 amide bonds. The predicted molar refractivity (Wildman–Crippen MR) is 96.2 cm³/mol. The quantitative estimate of drug-likeness (QED) is 0.661. The van der Waals surface area contributed by atoms with Crippen molar-refractivity contribution in [1.29, 1.82) is 0 Å². The Morgan fingerprint density at radius 2 is 2.00 bits per heavy atom. The van der Waals surface area contributed by atoms with Gasteiger partial charge in [0.1, 0.15) is 18.1 Å². The van der Waals surface area contributed by atoms with E-state index in [0.29, 0.717) is 18.9 Å². The number of aliphatic hydroxyl groups excluding tert-OH is 1. The Balaban J connectivity index is 0.00000208. The monoisotopic (exact) mass is 353 g/mol. The molecule has 0 saturated carbocycles. The Hall–Kier alpha value is -1.56. The van der Waals surface area contributed by atoms with E-state index in [4.69, 9.17) is 9.15 Å². The average Bonchev–Trinajstić information content (AvgIpc) is 2.52. The van der Waals surface area contributed by atoms with Crippen molar-refractivity contribution in [2.24, 2.45) is 0 Å². The van der Waals surface area contributed by atoms with Crippen LogP contribution in [-0.4, -0.2) is 36.4 Å². The lowest BCUT2D eigenvalue weighted by atomic mass is 9.90. The molecule has 3 rings (SSSR count). The Kier molecular flexibility index (Phi) is 6.27. The Morgan fingerprint density at radius 3 is 2.71 bits per heavy atom. The van der Waals surface area contributed by atoms with E-state index in [2.05, 4.69) is 0 Å². The zero-order valence-corrected chi connectivity index (χ0v) is 14.9. The summed E-state index contributed by atoms with van der Waals surface area (Å²) in [6.45, 7) is 2.66. The van der Waals surface area contributed by atoms with Gasteiger partial charge < -0.3 is 14.3 Å². The van der Waals surface area contributed by atoms with Crippen LogP contribution in [0.4, 0.5) is 0 Å². The summed E-state index contributed by atoms with van der Waals surface area (Å²) in [5.74, 6) is 0.738. The summed E-state index contributed by atoms with van der Waals surface area (Å²) in [5.41, 5.74) is 2.26. The molecule has 1 aliphatic carbocycles. The van der Waals surface area contributed by atoms with Gasteiger partial charge >= 0.3 is 5.63 Å². The van der Waals surface area contributed by atoms with Gasteiger partial charge in [0.2, 0.25) is 0 Å². The van der Waals surface area contributed by atoms with Crippen molar-refractivity contribution in [3.63, 3.8) is 0 Å². The number of ether oxygens (including phenoxy) is 1. The van der Waals surface area contributed by atoms with Crippen LogP contribution in [0.25, 0.3) is 11.0 Å². The van der Waals surface area contributed by atoms with Gasteiger partial charge in [-0.05, 0) is 57.4 Å². The van der Waals surface area contributed by atoms with Crippen LogP contribution in [-0.2, 0) is 12.8 Å². The van der Waals surface area contributed by atoms with E-state index in [-0.39, 0.29) is 18.0 Å². The van der Waals surface area contributed by atoms with Crippen LogP contribution in [0.15, 0.2) is 27.4 Å². The standard InChI is InChI=1S/C18H23NO4.ClH/c1-12(20)10-19(2)11-22-15-8-5-9-16-17(15)13-6-3-4-7-14(13)18(21)23-16;/h5,8-9,12,20H,3-4,6-7,10-11H2,1-2H3;1H. The van der Waals surface area contributed by atoms with Crippen molar-refractivity contribution in [1.82, 2.24) is 4.90 Å². The number of likely N-dealkylation sites (N-methyl/N-ethyl adjacent to an activating group) is 1. The lowest BCUT2D eigenvalue weighted by Crippen LogP contribution is -2.30. The van der Waals surface area contributed by atoms with E-state index in [0.717, 1.165) is 47.9 Å². The molecule has 1 heterocycles. The second-order valence-electron chi connectivity index (χ2n) is 6.34. The molecule has 1 N–H and O–H groups in total. The maximum atomic E-state index is 12.1. The summed E-state index contributed by atoms with van der Waals surface area (Å²) in [7, 11) is 1.90. The molecule has 0 spiro atoms. The molecule has 24 heavy (non-hydrogen) atoms. The Labute approximate surface area is 147 Å². The minimum atomic E-state index is -0.401. The van der Waals surface area contributed by atoms with Crippen LogP contribution in [0.2, 0.25) is 0 Å². The van der Waals surface area contributed by atoms with Crippen molar-refractivity contribution in [2.45, 2.75) is 38.7 Å². The van der Waals surface area contributed by atoms with E-state index in [1.165, 1.54) is 0 Å². The summed E-state index contributed by atoms with van der Waals surface area (Å²) < 4.78 is 11.4. The van der Waals surface area contributed by atoms with Gasteiger partial charge in [-0.15, -0.1) is 12.4 Å². The summed E-state index contributed by atoms with van der Waals surface area (Å²) in [6, 6.07) is 5.57. The lowest BCUT2D eigenvalue weighted by Gasteiger charge is -2.21. The number of rotatable bonds is 5. The van der Waals surface area contributed by atoms with Gasteiger partial charge in [-0.3, -0.25) is 4.90 Å². The number of aryl methyl sites for hydroxylation is 1. The summed E-state index contributed by atoms with van der Waals surface area (Å²) in [5, 5.41) is 10.4. The van der Waals surface area contributed by atoms with Gasteiger partial charge in [-0.2, -0.15) is 0 Å². The van der Waals surface area contributed by atoms with E-state index < -0.39 is 6.10 Å². The molecule has 0 saturated heterocycles. The smallest absolute Gasteiger partial charge is 0.339 e. The zero-order chi connectivity index (χ0) is 16.4. The molecule has 1 atom stereocenters. The van der Waals surface area contributed by atoms with E-state index in [1.54, 1.807) is 6.92 Å². The average molecular weight is 354 g/mol. The van der Waals surface area contributed by atoms with Crippen molar-refractivity contribution in [3.8, 4) is 5.75 Å². The van der Waals surface area contributed by atoms with E-state index in [1.807, 2.05) is 30.1 Å². The molecule has 0 bridgehead atoms. The molecule has 0 radical (unpaired) electrons. The van der Waals surface area contributed by atoms with Gasteiger partial charge in [0.25, 0.3) is 0 Å². The first-order valence-corrected chi connectivity index (χ1v) is 8.13. The number of fused-ring (bicyclic) bond motifs is 3. The van der Waals surface area contributed by atoms with Crippen LogP contribution >= 0.6 is 12.4 Å². The Morgan fingerprint density at radius 1 is 1.29 bits per heavy atom. The fourth-order valence-corrected chi connectivity index (χ4v) is 3.27. The van der Waals surface area contributed by atoms with E-state index in [9.17, 15) is 9.90 Å². The maximum Gasteiger partial charge on any atom is 0.339 e. The largest absolute Gasteiger partial charge is 0.477 e. The molecule has 1 aromatic heterocycles. The highest BCUT2D eigenvalue weighted by Gasteiger charge is 2.20. The topological polar surface area (TPSA) is 62.9 Å². The van der Waals surface area contributed by atoms with Gasteiger partial charge in [0, 0.05) is 12.1 Å². The molecule has 1 aliphatic rings. The molecule has 0 fully saturated rings. The fourth-order valence-electron chi connectivity index (χ4n) is 3.27. The van der Waals surface area contributed by atoms with Gasteiger partial charge in [0.05, 0.1) is 11.5 Å². The molecule has 2 aromatic rings. The maximum absolute atomic E-state index is 12.1. The molecule has 0 aliphatic heterocycles. The van der Waals surface area contributed by atoms with Crippen molar-refractivity contribution in [3.05, 3.63) is 39.7 Å². The highest BCUT2D eigenvalue weighted by molar-refractivity contribution is 5.87. The number of halogens is 1. The van der Waals surface area contributed by atoms with Crippen molar-refractivity contribution >= 4 is 23.4 Å². The molecular weight excluding hydrogens is 330 g/mol. The van der Waals surface area contributed by atoms with Crippen LogP contribution in [0.1, 0.15) is 30.9 Å². The third kappa shape index (κ3) is 3.91. The van der Waals surface area contributed by atoms with E-state index >= 15 is 0 Å². The number of benzene rings is 1. The minimum Gasteiger partial charge on any atom is -0.477 e.